The van der Waals surface area contributed by atoms with E-state index in [1.54, 1.807) is 4.90 Å². The topological polar surface area (TPSA) is 78.1 Å². The van der Waals surface area contributed by atoms with Gasteiger partial charge in [0.1, 0.15) is 0 Å². The SMILES string of the molecule is O=C(NC1CCc2cn[nH]c2C1)C1CC(=O)N(Cc2ccccc2)C1. The van der Waals surface area contributed by atoms with Crippen LogP contribution in [0.3, 0.4) is 0 Å². The van der Waals surface area contributed by atoms with Gasteiger partial charge in [0.25, 0.3) is 0 Å². The summed E-state index contributed by atoms with van der Waals surface area (Å²) in [6.45, 7) is 1.08. The summed E-state index contributed by atoms with van der Waals surface area (Å²) in [7, 11) is 0. The molecule has 2 aromatic rings. The second-order valence-electron chi connectivity index (χ2n) is 6.98. The number of nitrogens with zero attached hydrogens (tertiary/aromatic N) is 2. The van der Waals surface area contributed by atoms with Gasteiger partial charge in [-0.2, -0.15) is 5.10 Å². The third kappa shape index (κ3) is 3.43. The Morgan fingerprint density at radius 1 is 1.28 bits per heavy atom. The Bertz CT molecular complexity index is 771. The molecule has 2 amide bonds. The van der Waals surface area contributed by atoms with Gasteiger partial charge < -0.3 is 10.2 Å². The summed E-state index contributed by atoms with van der Waals surface area (Å²) in [6, 6.07) is 10.0. The lowest BCUT2D eigenvalue weighted by Crippen LogP contribution is -2.42. The van der Waals surface area contributed by atoms with E-state index < -0.39 is 0 Å². The van der Waals surface area contributed by atoms with Crippen LogP contribution in [0.1, 0.15) is 29.7 Å². The van der Waals surface area contributed by atoms with Crippen molar-refractivity contribution in [3.05, 3.63) is 53.3 Å². The summed E-state index contributed by atoms with van der Waals surface area (Å²) in [5.74, 6) is -0.195. The van der Waals surface area contributed by atoms with Crippen LogP contribution in [0.2, 0.25) is 0 Å². The van der Waals surface area contributed by atoms with Crippen LogP contribution in [-0.4, -0.2) is 39.5 Å². The van der Waals surface area contributed by atoms with Gasteiger partial charge in [-0.3, -0.25) is 14.7 Å². The van der Waals surface area contributed by atoms with Crippen LogP contribution in [0.4, 0.5) is 0 Å². The van der Waals surface area contributed by atoms with E-state index in [-0.39, 0.29) is 23.8 Å². The van der Waals surface area contributed by atoms with Gasteiger partial charge in [-0.05, 0) is 24.0 Å². The van der Waals surface area contributed by atoms with Gasteiger partial charge in [-0.25, -0.2) is 0 Å². The van der Waals surface area contributed by atoms with Crippen LogP contribution < -0.4 is 5.32 Å². The van der Waals surface area contributed by atoms with E-state index in [2.05, 4.69) is 15.5 Å². The molecule has 4 rings (SSSR count). The van der Waals surface area contributed by atoms with Crippen LogP contribution in [0, 0.1) is 5.92 Å². The summed E-state index contributed by atoms with van der Waals surface area (Å²) < 4.78 is 0. The van der Waals surface area contributed by atoms with Crippen molar-refractivity contribution in [2.75, 3.05) is 6.54 Å². The molecule has 2 aliphatic rings. The normalized spacial score (nSPS) is 22.7. The van der Waals surface area contributed by atoms with E-state index in [9.17, 15) is 9.59 Å². The van der Waals surface area contributed by atoms with E-state index in [1.807, 2.05) is 36.5 Å². The number of aryl methyl sites for hydroxylation is 1. The van der Waals surface area contributed by atoms with Crippen molar-refractivity contribution in [3.63, 3.8) is 0 Å². The number of fused-ring (bicyclic) bond motifs is 1. The zero-order valence-electron chi connectivity index (χ0n) is 14.1. The largest absolute Gasteiger partial charge is 0.353 e. The number of aromatic amines is 1. The number of H-pyrrole nitrogens is 1. The molecule has 0 radical (unpaired) electrons. The number of likely N-dealkylation sites (tertiary alicyclic amines) is 1. The molecule has 1 aromatic carbocycles. The lowest BCUT2D eigenvalue weighted by atomic mass is 9.93. The predicted octanol–water partition coefficient (Wildman–Crippen LogP) is 1.43. The Labute approximate surface area is 146 Å². The molecule has 6 heteroatoms. The molecule has 2 atom stereocenters. The Kier molecular flexibility index (Phi) is 4.26. The third-order valence-electron chi connectivity index (χ3n) is 5.17. The standard InChI is InChI=1S/C19H22N4O2/c24-18-8-15(12-23(18)11-13-4-2-1-3-5-13)19(25)21-16-7-6-14-10-20-22-17(14)9-16/h1-5,10,15-16H,6-9,11-12H2,(H,20,22)(H,21,25). The number of carbonyl (C=O) groups is 2. The highest BCUT2D eigenvalue weighted by Gasteiger charge is 2.35. The quantitative estimate of drug-likeness (QED) is 0.885. The summed E-state index contributed by atoms with van der Waals surface area (Å²) in [6.07, 6.45) is 4.81. The average Bonchev–Trinajstić information content (AvgIpc) is 3.22. The van der Waals surface area contributed by atoms with Crippen molar-refractivity contribution in [2.24, 2.45) is 5.92 Å². The van der Waals surface area contributed by atoms with Gasteiger partial charge in [0, 0.05) is 37.7 Å². The van der Waals surface area contributed by atoms with Crippen molar-refractivity contribution in [3.8, 4) is 0 Å². The van der Waals surface area contributed by atoms with Crippen LogP contribution in [-0.2, 0) is 29.0 Å². The second-order valence-corrected chi connectivity index (χ2v) is 6.98. The highest BCUT2D eigenvalue weighted by molar-refractivity contribution is 5.89. The van der Waals surface area contributed by atoms with Gasteiger partial charge >= 0.3 is 0 Å². The fraction of sp³-hybridized carbons (Fsp3) is 0.421. The molecule has 1 fully saturated rings. The number of benzene rings is 1. The van der Waals surface area contributed by atoms with Gasteiger partial charge in [0.15, 0.2) is 0 Å². The lowest BCUT2D eigenvalue weighted by Gasteiger charge is -2.24. The van der Waals surface area contributed by atoms with Gasteiger partial charge in [0.05, 0.1) is 12.1 Å². The highest BCUT2D eigenvalue weighted by atomic mass is 16.2. The first-order valence-corrected chi connectivity index (χ1v) is 8.82. The van der Waals surface area contributed by atoms with Crippen LogP contribution >= 0.6 is 0 Å². The Hall–Kier alpha value is -2.63. The molecule has 2 unspecified atom stereocenters. The van der Waals surface area contributed by atoms with E-state index in [1.165, 1.54) is 5.56 Å². The van der Waals surface area contributed by atoms with Crippen LogP contribution in [0.5, 0.6) is 0 Å². The molecule has 0 spiro atoms. The smallest absolute Gasteiger partial charge is 0.225 e. The molecule has 1 aromatic heterocycles. The number of hydrogen-bond acceptors (Lipinski definition) is 3. The van der Waals surface area contributed by atoms with Gasteiger partial charge in [-0.1, -0.05) is 30.3 Å². The molecule has 6 nitrogen and oxygen atoms in total. The number of carbonyl (C=O) groups excluding carboxylic acids is 2. The summed E-state index contributed by atoms with van der Waals surface area (Å²) in [5.41, 5.74) is 3.45. The zero-order valence-corrected chi connectivity index (χ0v) is 14.1. The number of aromatic nitrogens is 2. The summed E-state index contributed by atoms with van der Waals surface area (Å²) in [4.78, 5) is 26.6. The highest BCUT2D eigenvalue weighted by Crippen LogP contribution is 2.23. The Balaban J connectivity index is 1.33. The van der Waals surface area contributed by atoms with E-state index in [0.717, 1.165) is 30.5 Å². The number of amides is 2. The van der Waals surface area contributed by atoms with Crippen molar-refractivity contribution in [2.45, 2.75) is 38.3 Å². The number of hydrogen-bond donors (Lipinski definition) is 2. The molecule has 1 aliphatic heterocycles. The molecule has 25 heavy (non-hydrogen) atoms. The molecule has 2 N–H and O–H groups in total. The number of nitrogens with one attached hydrogen (secondary N) is 2. The van der Waals surface area contributed by atoms with E-state index >= 15 is 0 Å². The van der Waals surface area contributed by atoms with Crippen molar-refractivity contribution >= 4 is 11.8 Å². The van der Waals surface area contributed by atoms with Crippen LogP contribution in [0.15, 0.2) is 36.5 Å². The molecule has 0 bridgehead atoms. The molecule has 130 valence electrons. The third-order valence-corrected chi connectivity index (χ3v) is 5.17. The first-order valence-electron chi connectivity index (χ1n) is 8.82. The van der Waals surface area contributed by atoms with Gasteiger partial charge in [-0.15, -0.1) is 0 Å². The fourth-order valence-corrected chi connectivity index (χ4v) is 3.75. The molecule has 1 saturated heterocycles. The average molecular weight is 338 g/mol. The lowest BCUT2D eigenvalue weighted by molar-refractivity contribution is -0.129. The summed E-state index contributed by atoms with van der Waals surface area (Å²) >= 11 is 0. The fourth-order valence-electron chi connectivity index (χ4n) is 3.75. The van der Waals surface area contributed by atoms with Crippen molar-refractivity contribution < 1.29 is 9.59 Å². The van der Waals surface area contributed by atoms with Crippen molar-refractivity contribution in [1.82, 2.24) is 20.4 Å². The molecule has 0 saturated carbocycles. The molecular weight excluding hydrogens is 316 g/mol. The summed E-state index contributed by atoms with van der Waals surface area (Å²) in [5, 5.41) is 10.2. The Morgan fingerprint density at radius 3 is 2.96 bits per heavy atom. The zero-order chi connectivity index (χ0) is 17.2. The minimum absolute atomic E-state index is 0.00289. The molecule has 2 heterocycles. The molecular formula is C19H22N4O2. The minimum atomic E-state index is -0.251. The van der Waals surface area contributed by atoms with Gasteiger partial charge in [0.2, 0.25) is 11.8 Å². The minimum Gasteiger partial charge on any atom is -0.353 e. The maximum absolute atomic E-state index is 12.6. The van der Waals surface area contributed by atoms with Crippen LogP contribution in [0.25, 0.3) is 0 Å². The number of rotatable bonds is 4. The first kappa shape index (κ1) is 15.9. The maximum Gasteiger partial charge on any atom is 0.225 e. The maximum atomic E-state index is 12.6. The van der Waals surface area contributed by atoms with E-state index in [0.29, 0.717) is 19.5 Å². The molecule has 1 aliphatic carbocycles. The van der Waals surface area contributed by atoms with E-state index in [4.69, 9.17) is 0 Å². The Morgan fingerprint density at radius 2 is 2.12 bits per heavy atom. The second kappa shape index (κ2) is 6.70. The monoisotopic (exact) mass is 338 g/mol. The first-order chi connectivity index (χ1) is 12.2. The predicted molar refractivity (Wildman–Crippen MR) is 92.5 cm³/mol. The van der Waals surface area contributed by atoms with Crippen molar-refractivity contribution in [1.29, 1.82) is 0 Å².